The summed E-state index contributed by atoms with van der Waals surface area (Å²) in [4.78, 5) is 36.8. The lowest BCUT2D eigenvalue weighted by molar-refractivity contribution is -0.103. The Labute approximate surface area is 209 Å². The fourth-order valence-electron chi connectivity index (χ4n) is 6.46. The van der Waals surface area contributed by atoms with Crippen LogP contribution in [0.15, 0.2) is 24.7 Å². The first-order valence-corrected chi connectivity index (χ1v) is 13.1. The third-order valence-electron chi connectivity index (χ3n) is 8.79. The number of anilines is 1. The summed E-state index contributed by atoms with van der Waals surface area (Å²) >= 11 is 0. The number of nitrogens with zero attached hydrogens (tertiary/aromatic N) is 6. The molecule has 2 bridgehead atoms. The molecule has 5 fully saturated rings. The lowest BCUT2D eigenvalue weighted by atomic mass is 9.43. The first-order chi connectivity index (χ1) is 17.6. The van der Waals surface area contributed by atoms with Crippen molar-refractivity contribution in [1.29, 1.82) is 5.26 Å². The smallest absolute Gasteiger partial charge is 0.319 e. The average molecular weight is 484 g/mol. The Bertz CT molecular complexity index is 1350. The molecule has 4 heterocycles. The largest absolute Gasteiger partial charge is 0.463 e. The number of fused-ring (bicyclic) bond motifs is 1. The number of H-pyrrole nitrogens is 1. The van der Waals surface area contributed by atoms with Crippen molar-refractivity contribution in [1.82, 2.24) is 24.9 Å². The molecular weight excluding hydrogens is 454 g/mol. The highest BCUT2D eigenvalue weighted by Crippen LogP contribution is 2.66. The van der Waals surface area contributed by atoms with Crippen LogP contribution in [0.1, 0.15) is 66.9 Å². The third kappa shape index (κ3) is 3.80. The predicted octanol–water partition coefficient (Wildman–Crippen LogP) is 4.04. The van der Waals surface area contributed by atoms with E-state index < -0.39 is 0 Å². The first-order valence-electron chi connectivity index (χ1n) is 13.1. The number of piperidine rings is 1. The van der Waals surface area contributed by atoms with Gasteiger partial charge in [-0.25, -0.2) is 4.98 Å². The maximum atomic E-state index is 13.2. The van der Waals surface area contributed by atoms with Gasteiger partial charge in [0, 0.05) is 55.6 Å². The zero-order valence-corrected chi connectivity index (χ0v) is 20.2. The SMILES string of the molecule is N#C[C@@H]1C[C@@H]1COc1nc(C(=O)CC23CC(C2)C3)cc(N2CCC(c3c[nH]c4nccnc34)CC2)n1. The molecule has 2 atom stereocenters. The van der Waals surface area contributed by atoms with Crippen LogP contribution >= 0.6 is 0 Å². The Kier molecular flexibility index (Phi) is 4.98. The molecule has 184 valence electrons. The summed E-state index contributed by atoms with van der Waals surface area (Å²) in [6.45, 7) is 2.07. The van der Waals surface area contributed by atoms with E-state index in [1.807, 2.05) is 12.3 Å². The Morgan fingerprint density at radius 3 is 2.72 bits per heavy atom. The number of aromatic amines is 1. The Hall–Kier alpha value is -3.54. The van der Waals surface area contributed by atoms with Gasteiger partial charge >= 0.3 is 6.01 Å². The van der Waals surface area contributed by atoms with Gasteiger partial charge in [-0.05, 0) is 55.8 Å². The van der Waals surface area contributed by atoms with Gasteiger partial charge in [0.2, 0.25) is 0 Å². The summed E-state index contributed by atoms with van der Waals surface area (Å²) < 4.78 is 5.92. The summed E-state index contributed by atoms with van der Waals surface area (Å²) in [5.41, 5.74) is 3.68. The molecular formula is C27H29N7O2. The number of hydrogen-bond acceptors (Lipinski definition) is 8. The molecule has 3 aromatic heterocycles. The quantitative estimate of drug-likeness (QED) is 0.477. The molecule has 8 rings (SSSR count). The van der Waals surface area contributed by atoms with Gasteiger partial charge in [0.25, 0.3) is 0 Å². The van der Waals surface area contributed by atoms with Crippen LogP contribution in [0, 0.1) is 34.5 Å². The summed E-state index contributed by atoms with van der Waals surface area (Å²) in [6, 6.07) is 4.40. The topological polar surface area (TPSA) is 121 Å². The highest BCUT2D eigenvalue weighted by atomic mass is 16.5. The Morgan fingerprint density at radius 2 is 2.00 bits per heavy atom. The van der Waals surface area contributed by atoms with E-state index >= 15 is 0 Å². The fourth-order valence-corrected chi connectivity index (χ4v) is 6.46. The van der Waals surface area contributed by atoms with Gasteiger partial charge < -0.3 is 14.6 Å². The maximum Gasteiger partial charge on any atom is 0.319 e. The molecule has 9 nitrogen and oxygen atoms in total. The molecule has 1 saturated heterocycles. The molecule has 36 heavy (non-hydrogen) atoms. The number of nitriles is 1. The second-order valence-electron chi connectivity index (χ2n) is 11.3. The number of nitrogens with one attached hydrogen (secondary N) is 1. The zero-order valence-electron chi connectivity index (χ0n) is 20.2. The van der Waals surface area contributed by atoms with Crippen LogP contribution in [-0.2, 0) is 0 Å². The predicted molar refractivity (Wildman–Crippen MR) is 132 cm³/mol. The van der Waals surface area contributed by atoms with E-state index in [4.69, 9.17) is 15.0 Å². The molecule has 0 unspecified atom stereocenters. The lowest BCUT2D eigenvalue weighted by Gasteiger charge is -2.61. The van der Waals surface area contributed by atoms with Crippen molar-refractivity contribution in [2.24, 2.45) is 23.2 Å². The van der Waals surface area contributed by atoms with E-state index in [1.165, 1.54) is 24.8 Å². The van der Waals surface area contributed by atoms with Crippen LogP contribution < -0.4 is 9.64 Å². The van der Waals surface area contributed by atoms with Crippen LogP contribution in [0.25, 0.3) is 11.2 Å². The summed E-state index contributed by atoms with van der Waals surface area (Å²) in [5.74, 6) is 2.38. The van der Waals surface area contributed by atoms with E-state index in [9.17, 15) is 4.79 Å². The minimum atomic E-state index is 0.0618. The molecule has 9 heteroatoms. The second-order valence-corrected chi connectivity index (χ2v) is 11.3. The van der Waals surface area contributed by atoms with Crippen molar-refractivity contribution in [3.63, 3.8) is 0 Å². The van der Waals surface area contributed by atoms with E-state index in [2.05, 4.69) is 30.9 Å². The van der Waals surface area contributed by atoms with E-state index in [1.54, 1.807) is 12.4 Å². The minimum absolute atomic E-state index is 0.0618. The van der Waals surface area contributed by atoms with Crippen molar-refractivity contribution >= 4 is 22.8 Å². The standard InChI is InChI=1S/C27H29N7O2/c28-13-18-7-19(18)15-36-26-32-21(22(35)12-27-9-16(10-27)11-27)8-23(33-26)34-5-1-17(2-6-34)20-14-31-25-24(20)29-3-4-30-25/h3-4,8,14,16-19H,1-2,5-7,9-12,15H2,(H,30,31)/t16?,18-,19+,27?/m0/s1. The number of rotatable bonds is 8. The lowest BCUT2D eigenvalue weighted by Crippen LogP contribution is -2.52. The molecule has 1 aliphatic heterocycles. The number of ether oxygens (including phenoxy) is 1. The molecule has 4 aliphatic carbocycles. The molecule has 3 aromatic rings. The van der Waals surface area contributed by atoms with Gasteiger partial charge in [0.15, 0.2) is 11.4 Å². The molecule has 4 saturated carbocycles. The second kappa shape index (κ2) is 8.26. The van der Waals surface area contributed by atoms with Crippen molar-refractivity contribution in [3.8, 4) is 12.1 Å². The Balaban J connectivity index is 1.09. The van der Waals surface area contributed by atoms with E-state index in [0.717, 1.165) is 55.3 Å². The van der Waals surface area contributed by atoms with Crippen LogP contribution in [0.2, 0.25) is 0 Å². The van der Waals surface area contributed by atoms with Gasteiger partial charge in [-0.3, -0.25) is 9.78 Å². The molecule has 0 amide bonds. The molecule has 0 radical (unpaired) electrons. The Morgan fingerprint density at radius 1 is 1.19 bits per heavy atom. The number of ketones is 1. The number of carbonyl (C=O) groups excluding carboxylic acids is 1. The molecule has 1 N–H and O–H groups in total. The highest BCUT2D eigenvalue weighted by Gasteiger charge is 2.57. The van der Waals surface area contributed by atoms with E-state index in [-0.39, 0.29) is 29.0 Å². The monoisotopic (exact) mass is 483 g/mol. The van der Waals surface area contributed by atoms with Crippen molar-refractivity contribution in [2.45, 2.75) is 50.9 Å². The highest BCUT2D eigenvalue weighted by molar-refractivity contribution is 5.95. The van der Waals surface area contributed by atoms with Gasteiger partial charge in [0.05, 0.1) is 18.6 Å². The summed E-state index contributed by atoms with van der Waals surface area (Å²) in [7, 11) is 0. The van der Waals surface area contributed by atoms with Gasteiger partial charge in [-0.15, -0.1) is 0 Å². The van der Waals surface area contributed by atoms with Crippen LogP contribution in [0.4, 0.5) is 5.82 Å². The first kappa shape index (κ1) is 21.7. The van der Waals surface area contributed by atoms with Gasteiger partial charge in [0.1, 0.15) is 17.0 Å². The zero-order chi connectivity index (χ0) is 24.3. The van der Waals surface area contributed by atoms with Crippen molar-refractivity contribution < 1.29 is 9.53 Å². The number of Topliss-reactive ketones (excluding diaryl/α,β-unsaturated/α-hetero) is 1. The number of aromatic nitrogens is 5. The molecule has 0 spiro atoms. The number of hydrogen-bond donors (Lipinski definition) is 1. The average Bonchev–Trinajstić information content (AvgIpc) is 3.51. The maximum absolute atomic E-state index is 13.2. The van der Waals surface area contributed by atoms with Gasteiger partial charge in [-0.1, -0.05) is 0 Å². The minimum Gasteiger partial charge on any atom is -0.463 e. The van der Waals surface area contributed by atoms with Crippen LogP contribution in [-0.4, -0.2) is 50.4 Å². The third-order valence-corrected chi connectivity index (χ3v) is 8.79. The van der Waals surface area contributed by atoms with Gasteiger partial charge in [-0.2, -0.15) is 15.2 Å². The normalized spacial score (nSPS) is 28.8. The van der Waals surface area contributed by atoms with Crippen molar-refractivity contribution in [2.75, 3.05) is 24.6 Å². The fraction of sp³-hybridized carbons (Fsp3) is 0.556. The molecule has 0 aromatic carbocycles. The summed E-state index contributed by atoms with van der Waals surface area (Å²) in [5, 5.41) is 9.10. The number of carbonyl (C=O) groups is 1. The van der Waals surface area contributed by atoms with E-state index in [0.29, 0.717) is 24.6 Å². The summed E-state index contributed by atoms with van der Waals surface area (Å²) in [6.07, 6.45) is 12.4. The van der Waals surface area contributed by atoms with Crippen LogP contribution in [0.3, 0.4) is 0 Å². The van der Waals surface area contributed by atoms with Crippen LogP contribution in [0.5, 0.6) is 6.01 Å². The molecule has 5 aliphatic rings. The van der Waals surface area contributed by atoms with Crippen molar-refractivity contribution in [3.05, 3.63) is 35.9 Å².